The summed E-state index contributed by atoms with van der Waals surface area (Å²) in [5, 5.41) is 0. The van der Waals surface area contributed by atoms with Crippen LogP contribution in [-0.2, 0) is 20.2 Å². The van der Waals surface area contributed by atoms with Crippen molar-refractivity contribution in [3.8, 4) is 56.4 Å². The molecule has 10 heteroatoms. The molecule has 0 spiro atoms. The molecule has 0 unspecified atom stereocenters. The Morgan fingerprint density at radius 1 is 0.391 bits per heavy atom. The highest BCUT2D eigenvalue weighted by Gasteiger charge is 2.25. The Morgan fingerprint density at radius 2 is 0.630 bits per heavy atom. The van der Waals surface area contributed by atoms with E-state index in [-0.39, 0.29) is 9.79 Å². The Hall–Kier alpha value is -5.00. The fourth-order valence-corrected chi connectivity index (χ4v) is 5.85. The van der Waals surface area contributed by atoms with E-state index < -0.39 is 20.2 Å². The molecule has 46 heavy (non-hydrogen) atoms. The van der Waals surface area contributed by atoms with Crippen LogP contribution in [0.3, 0.4) is 0 Å². The normalized spacial score (nSPS) is 11.8. The first-order valence-electron chi connectivity index (χ1n) is 14.1. The highest BCUT2D eigenvalue weighted by Crippen LogP contribution is 2.37. The van der Waals surface area contributed by atoms with Crippen LogP contribution in [0.5, 0.6) is 0 Å². The number of hydrogen-bond acceptors (Lipinski definition) is 6. The van der Waals surface area contributed by atoms with Crippen molar-refractivity contribution in [1.29, 1.82) is 0 Å². The summed E-state index contributed by atoms with van der Waals surface area (Å²) in [5.74, 6) is 1.92. The summed E-state index contributed by atoms with van der Waals surface area (Å²) in [6.45, 7) is 3.96. The average molecular weight is 651 g/mol. The Kier molecular flexibility index (Phi) is 8.13. The third-order valence-corrected chi connectivity index (χ3v) is 9.15. The minimum atomic E-state index is -4.63. The predicted octanol–water partition coefficient (Wildman–Crippen LogP) is 8.19. The lowest BCUT2D eigenvalue weighted by Gasteiger charge is -2.07. The molecule has 0 aliphatic heterocycles. The third-order valence-electron chi connectivity index (χ3n) is 7.45. The first kappa shape index (κ1) is 31.0. The van der Waals surface area contributed by atoms with Gasteiger partial charge in [-0.2, -0.15) is 0 Å². The van der Waals surface area contributed by atoms with E-state index in [0.29, 0.717) is 34.2 Å². The molecule has 4 aromatic carbocycles. The van der Waals surface area contributed by atoms with E-state index >= 15 is 0 Å². The van der Waals surface area contributed by atoms with Gasteiger partial charge in [0, 0.05) is 11.1 Å². The van der Waals surface area contributed by atoms with Crippen LogP contribution < -0.4 is 0 Å². The van der Waals surface area contributed by atoms with Crippen LogP contribution in [0.2, 0.25) is 0 Å². The lowest BCUT2D eigenvalue weighted by Crippen LogP contribution is -1.98. The van der Waals surface area contributed by atoms with Gasteiger partial charge in [0.15, 0.2) is 0 Å². The maximum Gasteiger partial charge on any atom is 0.361 e. The minimum absolute atomic E-state index is 0.348. The summed E-state index contributed by atoms with van der Waals surface area (Å²) in [7, 11) is -9.25. The molecule has 0 fully saturated rings. The minimum Gasteiger partial charge on any atom is -0.744 e. The maximum absolute atomic E-state index is 11.5. The van der Waals surface area contributed by atoms with Gasteiger partial charge in [0.05, 0.1) is 56.3 Å². The third kappa shape index (κ3) is 6.80. The van der Waals surface area contributed by atoms with E-state index in [2.05, 4.69) is 0 Å². The summed E-state index contributed by atoms with van der Waals surface area (Å²) in [6, 6.07) is 34.0. The van der Waals surface area contributed by atoms with Gasteiger partial charge in [0.1, 0.15) is 20.2 Å². The molecule has 2 aromatic heterocycles. The van der Waals surface area contributed by atoms with Crippen molar-refractivity contribution >= 4 is 20.2 Å². The number of rotatable bonds is 7. The molecule has 6 aromatic rings. The molecule has 0 aliphatic rings. The van der Waals surface area contributed by atoms with E-state index in [1.54, 1.807) is 0 Å². The van der Waals surface area contributed by atoms with Gasteiger partial charge in [0.2, 0.25) is 0 Å². The van der Waals surface area contributed by atoms with E-state index in [4.69, 9.17) is 8.83 Å². The summed E-state index contributed by atoms with van der Waals surface area (Å²) in [4.78, 5) is -0.696. The SMILES string of the molecule is Cc1ccc(-c2cc(-c3cc(-c4ccc(C)cc4)[o+]c(-c4ccc(S(=O)(=O)[O-])cc4)c3)cc(-c3ccc(S(=O)(=O)[O-])cc3)[o+]2)cc1. The zero-order valence-corrected chi connectivity index (χ0v) is 26.3. The Morgan fingerprint density at radius 3 is 0.870 bits per heavy atom. The highest BCUT2D eigenvalue weighted by atomic mass is 32.2. The number of benzene rings is 4. The molecular weight excluding hydrogens is 625 g/mol. The van der Waals surface area contributed by atoms with Gasteiger partial charge in [-0.3, -0.25) is 0 Å². The standard InChI is InChI=1S/C36H26O8S2/c1-23-3-7-25(8-4-23)33-19-29(21-35(43-33)27-11-15-31(16-12-27)45(37,38)39)30-20-34(26-9-5-24(2)6-10-26)44-36(22-30)28-13-17-32(18-14-28)46(40,41)42/h3-22H,1-2H3. The molecule has 8 nitrogen and oxygen atoms in total. The number of hydrogen-bond donors (Lipinski definition) is 0. The first-order valence-corrected chi connectivity index (χ1v) is 16.9. The number of aryl methyl sites for hydroxylation is 2. The van der Waals surface area contributed by atoms with Gasteiger partial charge in [-0.15, -0.1) is 0 Å². The van der Waals surface area contributed by atoms with Crippen molar-refractivity contribution in [3.63, 3.8) is 0 Å². The average Bonchev–Trinajstić information content (AvgIpc) is 3.04. The molecule has 0 saturated carbocycles. The molecule has 230 valence electrons. The second-order valence-corrected chi connectivity index (χ2v) is 13.6. The first-order chi connectivity index (χ1) is 21.8. The van der Waals surface area contributed by atoms with E-state index in [1.165, 1.54) is 48.5 Å². The van der Waals surface area contributed by atoms with Crippen molar-refractivity contribution in [2.75, 3.05) is 0 Å². The van der Waals surface area contributed by atoms with Crippen LogP contribution in [0.1, 0.15) is 11.1 Å². The molecule has 0 bridgehead atoms. The van der Waals surface area contributed by atoms with Gasteiger partial charge in [0.25, 0.3) is 0 Å². The van der Waals surface area contributed by atoms with Crippen molar-refractivity contribution in [3.05, 3.63) is 132 Å². The van der Waals surface area contributed by atoms with Crippen LogP contribution in [-0.4, -0.2) is 25.9 Å². The second-order valence-electron chi connectivity index (χ2n) is 10.8. The van der Waals surface area contributed by atoms with Crippen molar-refractivity contribution < 1.29 is 34.8 Å². The molecular formula is C36H26O8S2. The fourth-order valence-electron chi connectivity index (χ4n) is 4.91. The summed E-state index contributed by atoms with van der Waals surface area (Å²) in [5.41, 5.74) is 6.34. The quantitative estimate of drug-likeness (QED) is 0.125. The second kappa shape index (κ2) is 12.1. The van der Waals surface area contributed by atoms with Gasteiger partial charge in [-0.1, -0.05) is 35.4 Å². The van der Waals surface area contributed by atoms with Crippen LogP contribution >= 0.6 is 0 Å². The summed E-state index contributed by atoms with van der Waals surface area (Å²) >= 11 is 0. The van der Waals surface area contributed by atoms with Crippen LogP contribution in [0.15, 0.2) is 140 Å². The van der Waals surface area contributed by atoms with Crippen LogP contribution in [0.25, 0.3) is 56.4 Å². The molecule has 0 atom stereocenters. The molecule has 2 heterocycles. The van der Waals surface area contributed by atoms with Gasteiger partial charge in [-0.05, 0) is 86.6 Å². The van der Waals surface area contributed by atoms with Crippen molar-refractivity contribution in [1.82, 2.24) is 0 Å². The molecule has 0 radical (unpaired) electrons. The van der Waals surface area contributed by atoms with Crippen molar-refractivity contribution in [2.45, 2.75) is 23.6 Å². The molecule has 0 saturated heterocycles. The van der Waals surface area contributed by atoms with Crippen LogP contribution in [0.4, 0.5) is 0 Å². The monoisotopic (exact) mass is 650 g/mol. The maximum atomic E-state index is 11.5. The lowest BCUT2D eigenvalue weighted by atomic mass is 9.99. The lowest BCUT2D eigenvalue weighted by molar-refractivity contribution is 0.461. The molecule has 0 aliphatic carbocycles. The largest absolute Gasteiger partial charge is 0.744 e. The topological polar surface area (TPSA) is 137 Å². The van der Waals surface area contributed by atoms with E-state index in [9.17, 15) is 25.9 Å². The Bertz CT molecular complexity index is 2110. The molecule has 0 amide bonds. The zero-order chi connectivity index (χ0) is 32.6. The highest BCUT2D eigenvalue weighted by molar-refractivity contribution is 7.86. The predicted molar refractivity (Wildman–Crippen MR) is 172 cm³/mol. The molecule has 6 rings (SSSR count). The Labute approximate surface area is 266 Å². The van der Waals surface area contributed by atoms with Crippen molar-refractivity contribution in [2.24, 2.45) is 0 Å². The summed E-state index contributed by atoms with van der Waals surface area (Å²) < 4.78 is 81.9. The Balaban J connectivity index is 1.56. The summed E-state index contributed by atoms with van der Waals surface area (Å²) in [6.07, 6.45) is 0. The fraction of sp³-hybridized carbons (Fsp3) is 0.0556. The van der Waals surface area contributed by atoms with E-state index in [1.807, 2.05) is 86.6 Å². The van der Waals surface area contributed by atoms with E-state index in [0.717, 1.165) is 33.4 Å². The van der Waals surface area contributed by atoms with Gasteiger partial charge in [-0.25, -0.2) is 25.7 Å². The van der Waals surface area contributed by atoms with Crippen LogP contribution in [0, 0.1) is 13.8 Å². The molecule has 0 N–H and O–H groups in total. The zero-order valence-electron chi connectivity index (χ0n) is 24.6. The smallest absolute Gasteiger partial charge is 0.361 e. The van der Waals surface area contributed by atoms with Gasteiger partial charge >= 0.3 is 23.0 Å². The van der Waals surface area contributed by atoms with Gasteiger partial charge < -0.3 is 9.11 Å².